The summed E-state index contributed by atoms with van der Waals surface area (Å²) in [6.45, 7) is 2.98. The summed E-state index contributed by atoms with van der Waals surface area (Å²) < 4.78 is 1.89. The van der Waals surface area contributed by atoms with Crippen LogP contribution in [-0.2, 0) is 19.4 Å². The Balaban J connectivity index is 1.44. The second kappa shape index (κ2) is 6.57. The topological polar surface area (TPSA) is 42.7 Å². The van der Waals surface area contributed by atoms with E-state index in [0.717, 1.165) is 24.3 Å². The predicted molar refractivity (Wildman–Crippen MR) is 95.1 cm³/mol. The summed E-state index contributed by atoms with van der Waals surface area (Å²) in [5.74, 6) is 0. The first-order valence-electron chi connectivity index (χ1n) is 8.60. The molecule has 1 N–H and O–H groups in total. The maximum atomic E-state index is 4.80. The smallest absolute Gasteiger partial charge is 0.0648 e. The highest BCUT2D eigenvalue weighted by Gasteiger charge is 2.13. The van der Waals surface area contributed by atoms with Crippen molar-refractivity contribution in [3.8, 4) is 5.69 Å². The lowest BCUT2D eigenvalue weighted by Gasteiger charge is -2.15. The van der Waals surface area contributed by atoms with Crippen LogP contribution in [0.4, 0.5) is 0 Å². The van der Waals surface area contributed by atoms with Crippen LogP contribution in [-0.4, -0.2) is 14.8 Å². The second-order valence-corrected chi connectivity index (χ2v) is 6.41. The maximum absolute atomic E-state index is 4.80. The van der Waals surface area contributed by atoms with Gasteiger partial charge < -0.3 is 5.32 Å². The van der Waals surface area contributed by atoms with Crippen LogP contribution in [0.2, 0.25) is 0 Å². The molecule has 0 saturated carbocycles. The van der Waals surface area contributed by atoms with Crippen LogP contribution in [0.15, 0.2) is 54.9 Å². The molecular weight excluding hydrogens is 296 g/mol. The number of aromatic nitrogens is 3. The summed E-state index contributed by atoms with van der Waals surface area (Å²) in [5, 5.41) is 7.89. The molecule has 0 spiro atoms. The zero-order chi connectivity index (χ0) is 16.4. The average molecular weight is 318 g/mol. The van der Waals surface area contributed by atoms with E-state index >= 15 is 0 Å². The SMILES string of the molecule is CC(NCc1ccc2c(n1)CCC2)c1cccc(-n2cccn2)c1. The Morgan fingerprint density at radius 3 is 3.00 bits per heavy atom. The van der Waals surface area contributed by atoms with Gasteiger partial charge in [0.1, 0.15) is 0 Å². The van der Waals surface area contributed by atoms with Crippen LogP contribution in [0.1, 0.15) is 41.9 Å². The van der Waals surface area contributed by atoms with Crippen LogP contribution in [0, 0.1) is 0 Å². The van der Waals surface area contributed by atoms with Crippen molar-refractivity contribution in [2.24, 2.45) is 0 Å². The molecular formula is C20H22N4. The molecule has 24 heavy (non-hydrogen) atoms. The molecule has 1 aliphatic carbocycles. The molecule has 1 aliphatic rings. The fraction of sp³-hybridized carbons (Fsp3) is 0.300. The molecule has 4 rings (SSSR count). The van der Waals surface area contributed by atoms with E-state index in [4.69, 9.17) is 4.98 Å². The van der Waals surface area contributed by atoms with Crippen LogP contribution < -0.4 is 5.32 Å². The van der Waals surface area contributed by atoms with E-state index in [1.807, 2.05) is 16.9 Å². The molecule has 0 amide bonds. The van der Waals surface area contributed by atoms with Crippen LogP contribution >= 0.6 is 0 Å². The third-order valence-electron chi connectivity index (χ3n) is 4.71. The molecule has 1 aromatic carbocycles. The molecule has 0 radical (unpaired) electrons. The van der Waals surface area contributed by atoms with E-state index < -0.39 is 0 Å². The van der Waals surface area contributed by atoms with Gasteiger partial charge in [-0.2, -0.15) is 5.10 Å². The van der Waals surface area contributed by atoms with Gasteiger partial charge in [-0.05, 0) is 61.6 Å². The number of nitrogens with zero attached hydrogens (tertiary/aromatic N) is 3. The monoisotopic (exact) mass is 318 g/mol. The minimum atomic E-state index is 0.260. The van der Waals surface area contributed by atoms with Gasteiger partial charge in [-0.15, -0.1) is 0 Å². The van der Waals surface area contributed by atoms with E-state index in [1.165, 1.54) is 29.7 Å². The van der Waals surface area contributed by atoms with Crippen molar-refractivity contribution in [1.82, 2.24) is 20.1 Å². The van der Waals surface area contributed by atoms with Crippen molar-refractivity contribution in [3.05, 3.63) is 77.4 Å². The number of rotatable bonds is 5. The van der Waals surface area contributed by atoms with Crippen LogP contribution in [0.3, 0.4) is 0 Å². The van der Waals surface area contributed by atoms with Crippen molar-refractivity contribution in [2.75, 3.05) is 0 Å². The van der Waals surface area contributed by atoms with Crippen molar-refractivity contribution in [3.63, 3.8) is 0 Å². The number of fused-ring (bicyclic) bond motifs is 1. The zero-order valence-electron chi connectivity index (χ0n) is 13.9. The second-order valence-electron chi connectivity index (χ2n) is 6.41. The summed E-state index contributed by atoms with van der Waals surface area (Å²) >= 11 is 0. The largest absolute Gasteiger partial charge is 0.305 e. The molecule has 0 bridgehead atoms. The fourth-order valence-corrected chi connectivity index (χ4v) is 3.30. The average Bonchev–Trinajstić information content (AvgIpc) is 3.30. The lowest BCUT2D eigenvalue weighted by atomic mass is 10.1. The Labute approximate surface area is 142 Å². The molecule has 2 heterocycles. The lowest BCUT2D eigenvalue weighted by Crippen LogP contribution is -2.19. The van der Waals surface area contributed by atoms with Gasteiger partial charge >= 0.3 is 0 Å². The Morgan fingerprint density at radius 2 is 2.12 bits per heavy atom. The molecule has 0 aliphatic heterocycles. The Hall–Kier alpha value is -2.46. The Kier molecular flexibility index (Phi) is 4.13. The van der Waals surface area contributed by atoms with Gasteiger partial charge in [-0.25, -0.2) is 4.68 Å². The van der Waals surface area contributed by atoms with Gasteiger partial charge in [-0.1, -0.05) is 18.2 Å². The molecule has 3 aromatic rings. The molecule has 0 fully saturated rings. The lowest BCUT2D eigenvalue weighted by molar-refractivity contribution is 0.566. The summed E-state index contributed by atoms with van der Waals surface area (Å²) in [4.78, 5) is 4.80. The first kappa shape index (κ1) is 15.1. The number of hydrogen-bond acceptors (Lipinski definition) is 3. The highest BCUT2D eigenvalue weighted by molar-refractivity contribution is 5.36. The first-order valence-corrected chi connectivity index (χ1v) is 8.60. The van der Waals surface area contributed by atoms with Crippen molar-refractivity contribution in [1.29, 1.82) is 0 Å². The summed E-state index contributed by atoms with van der Waals surface area (Å²) in [6.07, 6.45) is 7.33. The molecule has 1 unspecified atom stereocenters. The zero-order valence-corrected chi connectivity index (χ0v) is 13.9. The van der Waals surface area contributed by atoms with Gasteiger partial charge in [0.05, 0.1) is 11.4 Å². The standard InChI is InChI=1S/C20H22N4/c1-15(17-6-2-7-19(13-17)24-12-4-11-22-24)21-14-18-10-9-16-5-3-8-20(16)23-18/h2,4,6-7,9-13,15,21H,3,5,8,14H2,1H3. The number of hydrogen-bond donors (Lipinski definition) is 1. The van der Waals surface area contributed by atoms with Gasteiger partial charge in [0, 0.05) is 30.7 Å². The highest BCUT2D eigenvalue weighted by atomic mass is 15.3. The maximum Gasteiger partial charge on any atom is 0.0648 e. The fourth-order valence-electron chi connectivity index (χ4n) is 3.30. The third kappa shape index (κ3) is 3.10. The molecule has 2 aromatic heterocycles. The third-order valence-corrected chi connectivity index (χ3v) is 4.71. The molecule has 4 nitrogen and oxygen atoms in total. The van der Waals surface area contributed by atoms with Crippen LogP contribution in [0.5, 0.6) is 0 Å². The number of pyridine rings is 1. The summed E-state index contributed by atoms with van der Waals surface area (Å²) in [7, 11) is 0. The van der Waals surface area contributed by atoms with Gasteiger partial charge in [0.25, 0.3) is 0 Å². The molecule has 122 valence electrons. The molecule has 0 saturated heterocycles. The predicted octanol–water partition coefficient (Wildman–Crippen LogP) is 3.61. The van der Waals surface area contributed by atoms with E-state index in [-0.39, 0.29) is 6.04 Å². The van der Waals surface area contributed by atoms with E-state index in [2.05, 4.69) is 53.7 Å². The van der Waals surface area contributed by atoms with Gasteiger partial charge in [-0.3, -0.25) is 4.98 Å². The minimum Gasteiger partial charge on any atom is -0.305 e. The Morgan fingerprint density at radius 1 is 1.17 bits per heavy atom. The van der Waals surface area contributed by atoms with Crippen molar-refractivity contribution in [2.45, 2.75) is 38.8 Å². The first-order chi connectivity index (χ1) is 11.8. The molecule has 4 heteroatoms. The summed E-state index contributed by atoms with van der Waals surface area (Å²) in [5.41, 5.74) is 6.19. The van der Waals surface area contributed by atoms with Gasteiger partial charge in [0.2, 0.25) is 0 Å². The van der Waals surface area contributed by atoms with E-state index in [0.29, 0.717) is 0 Å². The van der Waals surface area contributed by atoms with Gasteiger partial charge in [0.15, 0.2) is 0 Å². The summed E-state index contributed by atoms with van der Waals surface area (Å²) in [6, 6.07) is 15.1. The number of nitrogens with one attached hydrogen (secondary N) is 1. The number of benzene rings is 1. The van der Waals surface area contributed by atoms with Crippen molar-refractivity contribution >= 4 is 0 Å². The molecule has 1 atom stereocenters. The minimum absolute atomic E-state index is 0.260. The van der Waals surface area contributed by atoms with E-state index in [9.17, 15) is 0 Å². The normalized spacial score (nSPS) is 14.5. The number of aryl methyl sites for hydroxylation is 2. The van der Waals surface area contributed by atoms with E-state index in [1.54, 1.807) is 6.20 Å². The highest BCUT2D eigenvalue weighted by Crippen LogP contribution is 2.21. The van der Waals surface area contributed by atoms with Crippen molar-refractivity contribution < 1.29 is 0 Å². The Bertz CT molecular complexity index is 823. The van der Waals surface area contributed by atoms with Crippen LogP contribution in [0.25, 0.3) is 5.69 Å². The quantitative estimate of drug-likeness (QED) is 0.781.